The van der Waals surface area contributed by atoms with Gasteiger partial charge < -0.3 is 19.2 Å². The molecule has 2 aromatic heterocycles. The molecule has 1 N–H and O–H groups in total. The van der Waals surface area contributed by atoms with Crippen LogP contribution < -0.4 is 5.32 Å². The number of aromatic nitrogens is 2. The second-order valence-electron chi connectivity index (χ2n) is 4.71. The molecule has 9 heteroatoms. The van der Waals surface area contributed by atoms with Gasteiger partial charge in [0.25, 0.3) is 5.91 Å². The van der Waals surface area contributed by atoms with Crippen LogP contribution in [0.4, 0.5) is 0 Å². The Labute approximate surface area is 152 Å². The van der Waals surface area contributed by atoms with Crippen LogP contribution >= 0.6 is 36.6 Å². The number of nitrogens with zero attached hydrogens (tertiary/aromatic N) is 3. The van der Waals surface area contributed by atoms with Gasteiger partial charge in [0, 0.05) is 39.6 Å². The van der Waals surface area contributed by atoms with Crippen LogP contribution in [0, 0.1) is 0 Å². The predicted molar refractivity (Wildman–Crippen MR) is 96.9 cm³/mol. The predicted octanol–water partition coefficient (Wildman–Crippen LogP) is 2.44. The lowest BCUT2D eigenvalue weighted by molar-refractivity contribution is 0.0764. The summed E-state index contributed by atoms with van der Waals surface area (Å²) < 4.78 is 7.56. The normalized spacial score (nSPS) is 9.87. The number of hydrogen-bond donors (Lipinski definition) is 1. The topological polar surface area (TPSA) is 63.3 Å². The number of nitrogens with one attached hydrogen (secondary N) is 1. The first-order chi connectivity index (χ1) is 10.1. The van der Waals surface area contributed by atoms with E-state index in [0.29, 0.717) is 18.1 Å². The van der Waals surface area contributed by atoms with Crippen molar-refractivity contribution in [2.45, 2.75) is 10.9 Å². The molecule has 0 radical (unpaired) electrons. The maximum absolute atomic E-state index is 12.1. The number of halogens is 2. The van der Waals surface area contributed by atoms with Gasteiger partial charge in [-0.2, -0.15) is 0 Å². The molecule has 6 nitrogen and oxygen atoms in total. The van der Waals surface area contributed by atoms with Gasteiger partial charge in [-0.05, 0) is 19.2 Å². The summed E-state index contributed by atoms with van der Waals surface area (Å²) in [5.41, 5.74) is 0. The molecule has 0 fully saturated rings. The summed E-state index contributed by atoms with van der Waals surface area (Å²) in [7, 11) is 5.58. The van der Waals surface area contributed by atoms with Crippen molar-refractivity contribution in [2.75, 3.05) is 27.2 Å². The molecule has 2 rings (SSSR count). The van der Waals surface area contributed by atoms with Gasteiger partial charge in [-0.1, -0.05) is 11.8 Å². The number of thioether (sulfide) groups is 1. The number of likely N-dealkylation sites (N-methyl/N-ethyl adjacent to an activating group) is 2. The van der Waals surface area contributed by atoms with Gasteiger partial charge in [-0.25, -0.2) is 4.98 Å². The summed E-state index contributed by atoms with van der Waals surface area (Å²) in [5, 5.41) is 3.94. The van der Waals surface area contributed by atoms with Crippen LogP contribution in [0.2, 0.25) is 0 Å². The summed E-state index contributed by atoms with van der Waals surface area (Å²) in [4.78, 5) is 18.0. The lowest BCUT2D eigenvalue weighted by atomic mass is 10.4. The van der Waals surface area contributed by atoms with Crippen molar-refractivity contribution in [2.24, 2.45) is 7.05 Å². The van der Waals surface area contributed by atoms with E-state index < -0.39 is 0 Å². The average molecular weight is 381 g/mol. The molecule has 0 spiro atoms. The van der Waals surface area contributed by atoms with Crippen molar-refractivity contribution in [3.8, 4) is 0 Å². The molecule has 2 aromatic rings. The third-order valence-electron chi connectivity index (χ3n) is 3.04. The fourth-order valence-electron chi connectivity index (χ4n) is 1.77. The standard InChI is InChI=1S/C14H20N4O2S.2ClH/c1-15-6-8-17(2)13(19)12-5-4-11(20-12)10-21-14-16-7-9-18(14)3;;/h4-5,7,9,15H,6,8,10H2,1-3H3;2*1H. The van der Waals surface area contributed by atoms with Gasteiger partial charge in [-0.15, -0.1) is 24.8 Å². The van der Waals surface area contributed by atoms with E-state index in [-0.39, 0.29) is 30.7 Å². The van der Waals surface area contributed by atoms with Crippen molar-refractivity contribution < 1.29 is 9.21 Å². The molecule has 1 amide bonds. The molecule has 0 aliphatic carbocycles. The van der Waals surface area contributed by atoms with E-state index in [1.165, 1.54) is 0 Å². The highest BCUT2D eigenvalue weighted by molar-refractivity contribution is 7.98. The molecule has 0 atom stereocenters. The molecule has 0 unspecified atom stereocenters. The first kappa shape index (κ1) is 21.9. The van der Waals surface area contributed by atoms with Crippen LogP contribution in [0.5, 0.6) is 0 Å². The van der Waals surface area contributed by atoms with Crippen molar-refractivity contribution in [1.82, 2.24) is 19.8 Å². The highest BCUT2D eigenvalue weighted by Crippen LogP contribution is 2.22. The first-order valence-electron chi connectivity index (χ1n) is 6.70. The van der Waals surface area contributed by atoms with Gasteiger partial charge in [0.1, 0.15) is 5.76 Å². The van der Waals surface area contributed by atoms with Crippen LogP contribution in [0.3, 0.4) is 0 Å². The van der Waals surface area contributed by atoms with Crippen LogP contribution in [0.1, 0.15) is 16.3 Å². The summed E-state index contributed by atoms with van der Waals surface area (Å²) in [6.45, 7) is 1.40. The number of amides is 1. The van der Waals surface area contributed by atoms with E-state index in [2.05, 4.69) is 10.3 Å². The molecule has 0 saturated heterocycles. The summed E-state index contributed by atoms with van der Waals surface area (Å²) in [6.07, 6.45) is 3.66. The second kappa shape index (κ2) is 10.6. The third-order valence-corrected chi connectivity index (χ3v) is 4.12. The van der Waals surface area contributed by atoms with Crippen LogP contribution in [-0.2, 0) is 12.8 Å². The molecular weight excluding hydrogens is 359 g/mol. The Hall–Kier alpha value is -1.15. The SMILES string of the molecule is CNCCN(C)C(=O)c1ccc(CSc2nccn2C)o1.Cl.Cl. The Morgan fingerprint density at radius 2 is 2.17 bits per heavy atom. The molecule has 2 heterocycles. The molecule has 0 aliphatic rings. The Kier molecular flexibility index (Phi) is 10.1. The zero-order chi connectivity index (χ0) is 15.2. The van der Waals surface area contributed by atoms with E-state index in [4.69, 9.17) is 4.42 Å². The number of carbonyl (C=O) groups is 1. The maximum Gasteiger partial charge on any atom is 0.289 e. The lowest BCUT2D eigenvalue weighted by Gasteiger charge is -2.14. The van der Waals surface area contributed by atoms with Gasteiger partial charge >= 0.3 is 0 Å². The Morgan fingerprint density at radius 1 is 1.43 bits per heavy atom. The van der Waals surface area contributed by atoms with Crippen molar-refractivity contribution >= 4 is 42.5 Å². The fraction of sp³-hybridized carbons (Fsp3) is 0.429. The number of furan rings is 1. The minimum absolute atomic E-state index is 0. The Morgan fingerprint density at radius 3 is 2.78 bits per heavy atom. The quantitative estimate of drug-likeness (QED) is 0.747. The highest BCUT2D eigenvalue weighted by atomic mass is 35.5. The van der Waals surface area contributed by atoms with E-state index in [9.17, 15) is 4.79 Å². The molecular formula is C14H22Cl2N4O2S. The minimum atomic E-state index is -0.0986. The van der Waals surface area contributed by atoms with Gasteiger partial charge in [0.05, 0.1) is 5.75 Å². The molecule has 0 aromatic carbocycles. The van der Waals surface area contributed by atoms with Gasteiger partial charge in [0.2, 0.25) is 0 Å². The number of imidazole rings is 1. The van der Waals surface area contributed by atoms with Gasteiger partial charge in [-0.3, -0.25) is 4.79 Å². The van der Waals surface area contributed by atoms with E-state index in [1.54, 1.807) is 36.0 Å². The molecule has 0 saturated carbocycles. The maximum atomic E-state index is 12.1. The smallest absolute Gasteiger partial charge is 0.289 e. The van der Waals surface area contributed by atoms with E-state index in [0.717, 1.165) is 17.5 Å². The number of hydrogen-bond acceptors (Lipinski definition) is 5. The zero-order valence-electron chi connectivity index (χ0n) is 13.3. The lowest BCUT2D eigenvalue weighted by Crippen LogP contribution is -2.32. The van der Waals surface area contributed by atoms with Gasteiger partial charge in [0.15, 0.2) is 10.9 Å². The highest BCUT2D eigenvalue weighted by Gasteiger charge is 2.15. The number of carbonyl (C=O) groups excluding carboxylic acids is 1. The second-order valence-corrected chi connectivity index (χ2v) is 5.65. The van der Waals surface area contributed by atoms with Crippen molar-refractivity contribution in [3.63, 3.8) is 0 Å². The summed E-state index contributed by atoms with van der Waals surface area (Å²) >= 11 is 1.58. The summed E-state index contributed by atoms with van der Waals surface area (Å²) in [6, 6.07) is 3.57. The van der Waals surface area contributed by atoms with Crippen molar-refractivity contribution in [3.05, 3.63) is 36.0 Å². The minimum Gasteiger partial charge on any atom is -0.455 e. The Balaban J connectivity index is 0.00000242. The van der Waals surface area contributed by atoms with E-state index >= 15 is 0 Å². The molecule has 0 aliphatic heterocycles. The molecule has 23 heavy (non-hydrogen) atoms. The summed E-state index contributed by atoms with van der Waals surface area (Å²) in [5.74, 6) is 1.70. The molecule has 130 valence electrons. The molecule has 0 bridgehead atoms. The van der Waals surface area contributed by atoms with Crippen LogP contribution in [-0.4, -0.2) is 47.5 Å². The van der Waals surface area contributed by atoms with E-state index in [1.807, 2.05) is 30.9 Å². The monoisotopic (exact) mass is 380 g/mol. The fourth-order valence-corrected chi connectivity index (χ4v) is 2.59. The average Bonchev–Trinajstić information content (AvgIpc) is 3.10. The van der Waals surface area contributed by atoms with Crippen molar-refractivity contribution in [1.29, 1.82) is 0 Å². The third kappa shape index (κ3) is 6.10. The first-order valence-corrected chi connectivity index (χ1v) is 7.69. The number of rotatable bonds is 7. The number of aryl methyl sites for hydroxylation is 1. The largest absolute Gasteiger partial charge is 0.455 e. The zero-order valence-corrected chi connectivity index (χ0v) is 15.8. The Bertz CT molecular complexity index is 603. The van der Waals surface area contributed by atoms with Crippen LogP contribution in [0.15, 0.2) is 34.1 Å². The van der Waals surface area contributed by atoms with Crippen LogP contribution in [0.25, 0.3) is 0 Å².